The molecule has 1 N–H and O–H groups in total. The summed E-state index contributed by atoms with van der Waals surface area (Å²) in [4.78, 5) is 14.1. The lowest BCUT2D eigenvalue weighted by molar-refractivity contribution is -0.121. The van der Waals surface area contributed by atoms with Crippen LogP contribution in [-0.2, 0) is 18.3 Å². The van der Waals surface area contributed by atoms with Crippen molar-refractivity contribution in [1.29, 1.82) is 0 Å². The number of aromatic nitrogens is 3. The molecule has 6 heteroatoms. The van der Waals surface area contributed by atoms with Crippen LogP contribution in [0.1, 0.15) is 31.5 Å². The summed E-state index contributed by atoms with van der Waals surface area (Å²) in [6, 6.07) is 0.638. The van der Waals surface area contributed by atoms with E-state index in [0.717, 1.165) is 18.8 Å². The quantitative estimate of drug-likeness (QED) is 0.806. The molecule has 6 nitrogen and oxygen atoms in total. The van der Waals surface area contributed by atoms with Gasteiger partial charge in [-0.1, -0.05) is 0 Å². The van der Waals surface area contributed by atoms with E-state index in [9.17, 15) is 4.79 Å². The molecule has 1 aromatic rings. The standard InChI is InChI=1S/C13H23N5O/c1-17-9-3-4-11(17)7-8-14-13(19)6-5-12-16-15-10-18(12)2/h10-11H,3-9H2,1-2H3,(H,14,19)/t11-/m1/s1. The zero-order valence-corrected chi connectivity index (χ0v) is 11.8. The van der Waals surface area contributed by atoms with Gasteiger partial charge in [0.1, 0.15) is 12.2 Å². The summed E-state index contributed by atoms with van der Waals surface area (Å²) in [7, 11) is 4.05. The van der Waals surface area contributed by atoms with E-state index in [1.807, 2.05) is 11.6 Å². The highest BCUT2D eigenvalue weighted by Crippen LogP contribution is 2.16. The maximum absolute atomic E-state index is 11.7. The van der Waals surface area contributed by atoms with Crippen LogP contribution >= 0.6 is 0 Å². The molecular weight excluding hydrogens is 242 g/mol. The Morgan fingerprint density at radius 3 is 3.00 bits per heavy atom. The van der Waals surface area contributed by atoms with Crippen LogP contribution in [0, 0.1) is 0 Å². The molecule has 106 valence electrons. The highest BCUT2D eigenvalue weighted by molar-refractivity contribution is 5.75. The van der Waals surface area contributed by atoms with Gasteiger partial charge in [-0.05, 0) is 32.9 Å². The number of likely N-dealkylation sites (tertiary alicyclic amines) is 1. The minimum absolute atomic E-state index is 0.101. The van der Waals surface area contributed by atoms with E-state index in [2.05, 4.69) is 27.5 Å². The number of amides is 1. The van der Waals surface area contributed by atoms with Gasteiger partial charge in [0, 0.05) is 32.5 Å². The first kappa shape index (κ1) is 14.0. The van der Waals surface area contributed by atoms with E-state index in [1.165, 1.54) is 19.4 Å². The SMILES string of the molecule is CN1CCC[C@@H]1CCNC(=O)CCc1nncn1C. The van der Waals surface area contributed by atoms with Crippen molar-refractivity contribution in [2.75, 3.05) is 20.1 Å². The number of aryl methyl sites for hydroxylation is 2. The smallest absolute Gasteiger partial charge is 0.220 e. The van der Waals surface area contributed by atoms with E-state index in [-0.39, 0.29) is 5.91 Å². The zero-order valence-electron chi connectivity index (χ0n) is 11.8. The van der Waals surface area contributed by atoms with Crippen LogP contribution in [0.25, 0.3) is 0 Å². The largest absolute Gasteiger partial charge is 0.356 e. The normalized spacial score (nSPS) is 19.8. The molecule has 0 aromatic carbocycles. The third-order valence-corrected chi connectivity index (χ3v) is 3.85. The number of nitrogens with one attached hydrogen (secondary N) is 1. The first-order valence-corrected chi connectivity index (χ1v) is 6.96. The summed E-state index contributed by atoms with van der Waals surface area (Å²) in [6.45, 7) is 1.96. The lowest BCUT2D eigenvalue weighted by atomic mass is 10.1. The number of hydrogen-bond donors (Lipinski definition) is 1. The monoisotopic (exact) mass is 265 g/mol. The van der Waals surface area contributed by atoms with Gasteiger partial charge >= 0.3 is 0 Å². The van der Waals surface area contributed by atoms with Gasteiger partial charge in [0.25, 0.3) is 0 Å². The van der Waals surface area contributed by atoms with Crippen molar-refractivity contribution in [1.82, 2.24) is 25.0 Å². The van der Waals surface area contributed by atoms with Gasteiger partial charge in [-0.2, -0.15) is 0 Å². The fourth-order valence-corrected chi connectivity index (χ4v) is 2.57. The third-order valence-electron chi connectivity index (χ3n) is 3.85. The lowest BCUT2D eigenvalue weighted by Crippen LogP contribution is -2.31. The minimum atomic E-state index is 0.101. The van der Waals surface area contributed by atoms with Crippen molar-refractivity contribution in [2.24, 2.45) is 7.05 Å². The van der Waals surface area contributed by atoms with Crippen molar-refractivity contribution < 1.29 is 4.79 Å². The van der Waals surface area contributed by atoms with Crippen molar-refractivity contribution in [3.05, 3.63) is 12.2 Å². The van der Waals surface area contributed by atoms with Crippen molar-refractivity contribution in [3.8, 4) is 0 Å². The molecule has 2 heterocycles. The lowest BCUT2D eigenvalue weighted by Gasteiger charge is -2.19. The molecule has 1 aliphatic rings. The van der Waals surface area contributed by atoms with E-state index in [0.29, 0.717) is 18.9 Å². The Kier molecular flexibility index (Phi) is 4.90. The van der Waals surface area contributed by atoms with Crippen LogP contribution in [0.2, 0.25) is 0 Å². The van der Waals surface area contributed by atoms with E-state index in [4.69, 9.17) is 0 Å². The first-order valence-electron chi connectivity index (χ1n) is 6.96. The van der Waals surface area contributed by atoms with Gasteiger partial charge in [0.05, 0.1) is 0 Å². The molecule has 0 saturated carbocycles. The fraction of sp³-hybridized carbons (Fsp3) is 0.769. The highest BCUT2D eigenvalue weighted by atomic mass is 16.1. The molecule has 1 amide bonds. The number of nitrogens with zero attached hydrogens (tertiary/aromatic N) is 4. The van der Waals surface area contributed by atoms with Crippen LogP contribution in [-0.4, -0.2) is 51.8 Å². The summed E-state index contributed by atoms with van der Waals surface area (Å²) in [5, 5.41) is 10.8. The van der Waals surface area contributed by atoms with Gasteiger partial charge < -0.3 is 14.8 Å². The van der Waals surface area contributed by atoms with E-state index < -0.39 is 0 Å². The van der Waals surface area contributed by atoms with E-state index >= 15 is 0 Å². The van der Waals surface area contributed by atoms with Gasteiger partial charge in [-0.25, -0.2) is 0 Å². The average molecular weight is 265 g/mol. The summed E-state index contributed by atoms with van der Waals surface area (Å²) in [5.74, 6) is 0.953. The minimum Gasteiger partial charge on any atom is -0.356 e. The van der Waals surface area contributed by atoms with Gasteiger partial charge in [0.2, 0.25) is 5.91 Å². The van der Waals surface area contributed by atoms with Gasteiger partial charge in [-0.3, -0.25) is 4.79 Å². The summed E-state index contributed by atoms with van der Waals surface area (Å²) in [5.41, 5.74) is 0. The maximum Gasteiger partial charge on any atom is 0.220 e. The van der Waals surface area contributed by atoms with Crippen LogP contribution in [0.15, 0.2) is 6.33 Å². The number of carbonyl (C=O) groups is 1. The average Bonchev–Trinajstić information content (AvgIpc) is 2.97. The Labute approximate surface area is 114 Å². The maximum atomic E-state index is 11.7. The Hall–Kier alpha value is -1.43. The second-order valence-corrected chi connectivity index (χ2v) is 5.27. The molecular formula is C13H23N5O. The predicted molar refractivity (Wildman–Crippen MR) is 72.6 cm³/mol. The van der Waals surface area contributed by atoms with Gasteiger partial charge in [-0.15, -0.1) is 10.2 Å². The second kappa shape index (κ2) is 6.65. The Morgan fingerprint density at radius 2 is 2.37 bits per heavy atom. The first-order chi connectivity index (χ1) is 9.16. The molecule has 19 heavy (non-hydrogen) atoms. The summed E-state index contributed by atoms with van der Waals surface area (Å²) >= 11 is 0. The number of hydrogen-bond acceptors (Lipinski definition) is 4. The molecule has 0 spiro atoms. The molecule has 1 atom stereocenters. The van der Waals surface area contributed by atoms with Crippen molar-refractivity contribution >= 4 is 5.91 Å². The molecule has 1 fully saturated rings. The summed E-state index contributed by atoms with van der Waals surface area (Å²) < 4.78 is 1.85. The molecule has 0 aliphatic carbocycles. The summed E-state index contributed by atoms with van der Waals surface area (Å²) in [6.07, 6.45) is 6.36. The van der Waals surface area contributed by atoms with E-state index in [1.54, 1.807) is 6.33 Å². The predicted octanol–water partition coefficient (Wildman–Crippen LogP) is 0.348. The molecule has 2 rings (SSSR count). The molecule has 0 unspecified atom stereocenters. The molecule has 0 radical (unpaired) electrons. The topological polar surface area (TPSA) is 63.1 Å². The number of carbonyl (C=O) groups excluding carboxylic acids is 1. The highest BCUT2D eigenvalue weighted by Gasteiger charge is 2.20. The Bertz CT molecular complexity index is 417. The fourth-order valence-electron chi connectivity index (χ4n) is 2.57. The molecule has 1 saturated heterocycles. The molecule has 1 aliphatic heterocycles. The van der Waals surface area contributed by atoms with Crippen LogP contribution < -0.4 is 5.32 Å². The van der Waals surface area contributed by atoms with Crippen LogP contribution in [0.5, 0.6) is 0 Å². The second-order valence-electron chi connectivity index (χ2n) is 5.27. The van der Waals surface area contributed by atoms with Crippen LogP contribution in [0.3, 0.4) is 0 Å². The Morgan fingerprint density at radius 1 is 1.53 bits per heavy atom. The number of rotatable bonds is 6. The molecule has 0 bridgehead atoms. The molecule has 1 aromatic heterocycles. The Balaban J connectivity index is 1.61. The third kappa shape index (κ3) is 4.02. The van der Waals surface area contributed by atoms with Crippen molar-refractivity contribution in [3.63, 3.8) is 0 Å². The zero-order chi connectivity index (χ0) is 13.7. The van der Waals surface area contributed by atoms with Crippen molar-refractivity contribution in [2.45, 2.75) is 38.1 Å². The van der Waals surface area contributed by atoms with Crippen LogP contribution in [0.4, 0.5) is 0 Å². The van der Waals surface area contributed by atoms with Gasteiger partial charge in [0.15, 0.2) is 0 Å².